The van der Waals surface area contributed by atoms with E-state index in [1.807, 2.05) is 6.07 Å². The number of fused-ring (bicyclic) bond motifs is 1. The van der Waals surface area contributed by atoms with E-state index in [0.29, 0.717) is 4.88 Å². The largest absolute Gasteiger partial charge is 0.508 e. The molecule has 0 saturated heterocycles. The summed E-state index contributed by atoms with van der Waals surface area (Å²) in [6.07, 6.45) is 4.28. The van der Waals surface area contributed by atoms with E-state index in [2.05, 4.69) is 0 Å². The van der Waals surface area contributed by atoms with Crippen LogP contribution in [0.3, 0.4) is 0 Å². The molecule has 0 aliphatic heterocycles. The Morgan fingerprint density at radius 2 is 2.00 bits per heavy atom. The van der Waals surface area contributed by atoms with Gasteiger partial charge in [-0.05, 0) is 51.2 Å². The highest BCUT2D eigenvalue weighted by molar-refractivity contribution is 7.14. The smallest absolute Gasteiger partial charge is 0.348 e. The molecule has 22 heavy (non-hydrogen) atoms. The van der Waals surface area contributed by atoms with Crippen molar-refractivity contribution >= 4 is 28.8 Å². The molecule has 118 valence electrons. The van der Waals surface area contributed by atoms with Crippen LogP contribution in [0.15, 0.2) is 17.4 Å². The maximum absolute atomic E-state index is 12.0. The lowest BCUT2D eigenvalue weighted by atomic mass is 9.99. The van der Waals surface area contributed by atoms with Crippen LogP contribution >= 0.6 is 11.3 Å². The van der Waals surface area contributed by atoms with Crippen LogP contribution in [0.1, 0.15) is 46.8 Å². The number of carbonyl (C=O) groups is 2. The standard InChI is InChI=1S/C16H19NO4S/c1-9(17)15(10(2)18)12(19)8-21-16(20)14-7-11-5-3-4-6-13(11)22-14/h7,17,19H,3-6,8H2,1-2H3/b15-12-,17-9?. The van der Waals surface area contributed by atoms with Crippen molar-refractivity contribution in [2.45, 2.75) is 39.5 Å². The maximum Gasteiger partial charge on any atom is 0.348 e. The van der Waals surface area contributed by atoms with Gasteiger partial charge in [0.15, 0.2) is 5.78 Å². The van der Waals surface area contributed by atoms with Gasteiger partial charge in [-0.1, -0.05) is 0 Å². The Kier molecular flexibility index (Phi) is 5.13. The fourth-order valence-corrected chi connectivity index (χ4v) is 3.70. The second-order valence-electron chi connectivity index (χ2n) is 5.35. The van der Waals surface area contributed by atoms with Crippen LogP contribution in [0, 0.1) is 5.41 Å². The van der Waals surface area contributed by atoms with Crippen molar-refractivity contribution in [2.75, 3.05) is 6.61 Å². The number of Topliss-reactive ketones (excluding diaryl/α,β-unsaturated/α-hetero) is 1. The summed E-state index contributed by atoms with van der Waals surface area (Å²) in [5, 5.41) is 17.3. The third-order valence-corrected chi connectivity index (χ3v) is 4.77. The number of aliphatic hydroxyl groups excluding tert-OH is 1. The summed E-state index contributed by atoms with van der Waals surface area (Å²) in [6.45, 7) is 2.27. The Bertz CT molecular complexity index is 618. The topological polar surface area (TPSA) is 87.5 Å². The third-order valence-electron chi connectivity index (χ3n) is 3.55. The number of aryl methyl sites for hydroxylation is 2. The van der Waals surface area contributed by atoms with Crippen molar-refractivity contribution in [3.05, 3.63) is 32.7 Å². The Hall–Kier alpha value is -1.95. The van der Waals surface area contributed by atoms with Crippen LogP contribution < -0.4 is 0 Å². The molecule has 1 aromatic rings. The Balaban J connectivity index is 2.06. The molecule has 0 atom stereocenters. The quantitative estimate of drug-likeness (QED) is 0.377. The maximum atomic E-state index is 12.0. The minimum Gasteiger partial charge on any atom is -0.508 e. The van der Waals surface area contributed by atoms with Crippen LogP contribution in [0.25, 0.3) is 0 Å². The van der Waals surface area contributed by atoms with Crippen molar-refractivity contribution in [2.24, 2.45) is 0 Å². The molecule has 0 unspecified atom stereocenters. The molecule has 0 fully saturated rings. The molecule has 6 heteroatoms. The van der Waals surface area contributed by atoms with Crippen LogP contribution in [-0.4, -0.2) is 29.2 Å². The molecule has 0 bridgehead atoms. The molecule has 1 aliphatic carbocycles. The zero-order valence-electron chi connectivity index (χ0n) is 12.7. The van der Waals surface area contributed by atoms with E-state index >= 15 is 0 Å². The van der Waals surface area contributed by atoms with Crippen LogP contribution in [0.5, 0.6) is 0 Å². The molecule has 0 aromatic carbocycles. The molecule has 0 saturated carbocycles. The number of aliphatic hydroxyl groups is 1. The van der Waals surface area contributed by atoms with Gasteiger partial charge in [-0.25, -0.2) is 4.79 Å². The molecule has 2 N–H and O–H groups in total. The van der Waals surface area contributed by atoms with Crippen molar-refractivity contribution in [3.8, 4) is 0 Å². The lowest BCUT2D eigenvalue weighted by Gasteiger charge is -2.08. The first-order valence-electron chi connectivity index (χ1n) is 7.17. The molecule has 1 aromatic heterocycles. The predicted octanol–water partition coefficient (Wildman–Crippen LogP) is 3.22. The molecule has 0 amide bonds. The van der Waals surface area contributed by atoms with E-state index in [1.54, 1.807) is 0 Å². The number of nitrogens with one attached hydrogen (secondary N) is 1. The van der Waals surface area contributed by atoms with Gasteiger partial charge in [0, 0.05) is 10.6 Å². The first kappa shape index (κ1) is 16.4. The highest BCUT2D eigenvalue weighted by Gasteiger charge is 2.20. The fraction of sp³-hybridized carbons (Fsp3) is 0.438. The van der Waals surface area contributed by atoms with E-state index < -0.39 is 18.4 Å². The first-order valence-corrected chi connectivity index (χ1v) is 7.99. The molecule has 0 spiro atoms. The number of thiophene rings is 1. The molecular formula is C16H19NO4S. The number of hydrogen-bond acceptors (Lipinski definition) is 6. The molecular weight excluding hydrogens is 302 g/mol. The lowest BCUT2D eigenvalue weighted by molar-refractivity contribution is -0.113. The molecule has 1 heterocycles. The second-order valence-corrected chi connectivity index (χ2v) is 6.48. The lowest BCUT2D eigenvalue weighted by Crippen LogP contribution is -2.14. The van der Waals surface area contributed by atoms with Crippen molar-refractivity contribution in [1.29, 1.82) is 5.41 Å². The molecule has 2 rings (SSSR count). The van der Waals surface area contributed by atoms with Crippen molar-refractivity contribution < 1.29 is 19.4 Å². The molecule has 1 aliphatic rings. The zero-order chi connectivity index (χ0) is 16.3. The first-order chi connectivity index (χ1) is 10.4. The Labute approximate surface area is 133 Å². The minimum atomic E-state index is -0.503. The SMILES string of the molecule is CC(=N)/C(C(C)=O)=C(/O)COC(=O)c1cc2c(s1)CCCC2. The van der Waals surface area contributed by atoms with Gasteiger partial charge in [-0.2, -0.15) is 0 Å². The van der Waals surface area contributed by atoms with Crippen molar-refractivity contribution in [1.82, 2.24) is 0 Å². The summed E-state index contributed by atoms with van der Waals surface area (Å²) in [7, 11) is 0. The van der Waals surface area contributed by atoms with E-state index in [0.717, 1.165) is 25.7 Å². The molecule has 5 nitrogen and oxygen atoms in total. The van der Waals surface area contributed by atoms with E-state index in [1.165, 1.54) is 35.6 Å². The van der Waals surface area contributed by atoms with Gasteiger partial charge in [0.25, 0.3) is 0 Å². The average Bonchev–Trinajstić information content (AvgIpc) is 2.87. The number of hydrogen-bond donors (Lipinski definition) is 2. The van der Waals surface area contributed by atoms with Gasteiger partial charge in [0.05, 0.1) is 5.57 Å². The van der Waals surface area contributed by atoms with Crippen LogP contribution in [-0.2, 0) is 22.4 Å². The monoisotopic (exact) mass is 321 g/mol. The number of ketones is 1. The summed E-state index contributed by atoms with van der Waals surface area (Å²) >= 11 is 1.43. The fourth-order valence-electron chi connectivity index (χ4n) is 2.55. The average molecular weight is 321 g/mol. The number of allylic oxidation sites excluding steroid dienone is 1. The van der Waals surface area contributed by atoms with Crippen molar-refractivity contribution in [3.63, 3.8) is 0 Å². The summed E-state index contributed by atoms with van der Waals surface area (Å²) in [5.41, 5.74) is 1.06. The van der Waals surface area contributed by atoms with Gasteiger partial charge in [-0.3, -0.25) is 4.79 Å². The van der Waals surface area contributed by atoms with Gasteiger partial charge in [-0.15, -0.1) is 11.3 Å². The Morgan fingerprint density at radius 1 is 1.32 bits per heavy atom. The number of carbonyl (C=O) groups excluding carboxylic acids is 2. The van der Waals surface area contributed by atoms with Gasteiger partial charge < -0.3 is 15.3 Å². The summed E-state index contributed by atoms with van der Waals surface area (Å²) in [5.74, 6) is -1.31. The summed E-state index contributed by atoms with van der Waals surface area (Å²) < 4.78 is 5.06. The normalized spacial score (nSPS) is 14.8. The minimum absolute atomic E-state index is 0.0485. The summed E-state index contributed by atoms with van der Waals surface area (Å²) in [6, 6.07) is 1.86. The van der Waals surface area contributed by atoms with Crippen LogP contribution in [0.4, 0.5) is 0 Å². The van der Waals surface area contributed by atoms with Gasteiger partial charge in [0.2, 0.25) is 0 Å². The second kappa shape index (κ2) is 6.87. The highest BCUT2D eigenvalue weighted by Crippen LogP contribution is 2.30. The zero-order valence-corrected chi connectivity index (χ0v) is 13.5. The summed E-state index contributed by atoms with van der Waals surface area (Å²) in [4.78, 5) is 25.2. The van der Waals surface area contributed by atoms with Gasteiger partial charge in [0.1, 0.15) is 17.2 Å². The Morgan fingerprint density at radius 3 is 2.59 bits per heavy atom. The predicted molar refractivity (Wildman–Crippen MR) is 85.0 cm³/mol. The number of esters is 1. The number of ether oxygens (including phenoxy) is 1. The van der Waals surface area contributed by atoms with E-state index in [-0.39, 0.29) is 17.0 Å². The van der Waals surface area contributed by atoms with E-state index in [9.17, 15) is 14.7 Å². The number of rotatable bonds is 5. The molecule has 0 radical (unpaired) electrons. The van der Waals surface area contributed by atoms with Crippen LogP contribution in [0.2, 0.25) is 0 Å². The highest BCUT2D eigenvalue weighted by atomic mass is 32.1. The van der Waals surface area contributed by atoms with E-state index in [4.69, 9.17) is 10.1 Å². The third kappa shape index (κ3) is 3.62. The van der Waals surface area contributed by atoms with Gasteiger partial charge >= 0.3 is 5.97 Å².